The van der Waals surface area contributed by atoms with Gasteiger partial charge in [-0.05, 0) is 71.3 Å². The van der Waals surface area contributed by atoms with Gasteiger partial charge in [0.05, 0.1) is 9.68 Å². The summed E-state index contributed by atoms with van der Waals surface area (Å²) < 4.78 is 2.77. The van der Waals surface area contributed by atoms with E-state index in [2.05, 4.69) is 44.1 Å². The van der Waals surface area contributed by atoms with Crippen molar-refractivity contribution in [3.8, 4) is 0 Å². The maximum absolute atomic E-state index is 2.77. The summed E-state index contributed by atoms with van der Waals surface area (Å²) in [5.74, 6) is 0. The number of nitrogens with zero attached hydrogens (tertiary/aromatic N) is 2. The Balaban J connectivity index is 3.93. The summed E-state index contributed by atoms with van der Waals surface area (Å²) in [5, 5.41) is 0. The molecule has 0 aromatic rings. The second-order valence-corrected chi connectivity index (χ2v) is 7.92. The third kappa shape index (κ3) is 9.64. The molecule has 0 N–H and O–H groups in total. The van der Waals surface area contributed by atoms with Gasteiger partial charge in [0.2, 0.25) is 0 Å². The van der Waals surface area contributed by atoms with Gasteiger partial charge in [-0.1, -0.05) is 27.7 Å². The average molecular weight is 287 g/mol. The van der Waals surface area contributed by atoms with Gasteiger partial charge < -0.3 is 9.47 Å². The van der Waals surface area contributed by atoms with Gasteiger partial charge >= 0.3 is 0 Å². The quantitative estimate of drug-likeness (QED) is 0.478. The van der Waals surface area contributed by atoms with E-state index in [4.69, 9.17) is 0 Å². The van der Waals surface area contributed by atoms with Gasteiger partial charge in [0.1, 0.15) is 0 Å². The lowest BCUT2D eigenvalue weighted by molar-refractivity contribution is 0.204. The summed E-state index contributed by atoms with van der Waals surface area (Å²) in [6.45, 7) is 16.9. The van der Waals surface area contributed by atoms with Crippen LogP contribution in [0.4, 0.5) is 0 Å². The van der Waals surface area contributed by atoms with Gasteiger partial charge in [0, 0.05) is 6.04 Å². The summed E-state index contributed by atoms with van der Waals surface area (Å²) in [6, 6.07) is 2.28. The van der Waals surface area contributed by atoms with E-state index in [0.717, 1.165) is 6.04 Å². The molecule has 1 atom stereocenters. The van der Waals surface area contributed by atoms with Crippen LogP contribution in [0.2, 0.25) is 6.04 Å². The lowest BCUT2D eigenvalue weighted by atomic mass is 10.2. The second-order valence-electron chi connectivity index (χ2n) is 5.87. The Kier molecular flexibility index (Phi) is 13.2. The predicted molar refractivity (Wildman–Crippen MR) is 91.7 cm³/mol. The van der Waals surface area contributed by atoms with Gasteiger partial charge in [0.15, 0.2) is 0 Å². The van der Waals surface area contributed by atoms with Crippen molar-refractivity contribution in [1.29, 1.82) is 0 Å². The monoisotopic (exact) mass is 286 g/mol. The highest BCUT2D eigenvalue weighted by Gasteiger charge is 2.12. The van der Waals surface area contributed by atoms with Crippen LogP contribution in [0.3, 0.4) is 0 Å². The Morgan fingerprint density at radius 3 is 1.68 bits per heavy atom. The Labute approximate surface area is 124 Å². The Morgan fingerprint density at radius 1 is 0.789 bits per heavy atom. The van der Waals surface area contributed by atoms with Crippen molar-refractivity contribution < 1.29 is 0 Å². The van der Waals surface area contributed by atoms with E-state index in [0.29, 0.717) is 0 Å². The molecule has 0 saturated heterocycles. The van der Waals surface area contributed by atoms with Crippen molar-refractivity contribution in [2.24, 2.45) is 0 Å². The molecule has 1 unspecified atom stereocenters. The van der Waals surface area contributed by atoms with E-state index in [-0.39, 0.29) is 9.68 Å². The first-order valence-electron chi connectivity index (χ1n) is 8.65. The van der Waals surface area contributed by atoms with E-state index in [1.165, 1.54) is 64.3 Å². The zero-order valence-corrected chi connectivity index (χ0v) is 15.7. The van der Waals surface area contributed by atoms with E-state index < -0.39 is 0 Å². The molecular formula is C16H38N2Si. The van der Waals surface area contributed by atoms with Crippen molar-refractivity contribution in [3.05, 3.63) is 0 Å². The van der Waals surface area contributed by atoms with E-state index in [1.807, 2.05) is 0 Å². The molecule has 0 aliphatic rings. The molecule has 0 aromatic carbocycles. The minimum Gasteiger partial charge on any atom is -0.329 e. The first-order chi connectivity index (χ1) is 9.19. The number of rotatable bonds is 13. The van der Waals surface area contributed by atoms with E-state index in [9.17, 15) is 0 Å². The van der Waals surface area contributed by atoms with Crippen molar-refractivity contribution >= 4 is 9.68 Å². The second kappa shape index (κ2) is 13.1. The Hall–Kier alpha value is 0.137. The molecule has 0 rings (SSSR count). The molecule has 0 aromatic heterocycles. The van der Waals surface area contributed by atoms with Crippen molar-refractivity contribution in [2.75, 3.05) is 26.2 Å². The third-order valence-corrected chi connectivity index (χ3v) is 5.81. The van der Waals surface area contributed by atoms with Crippen LogP contribution in [0.1, 0.15) is 66.7 Å². The highest BCUT2D eigenvalue weighted by Crippen LogP contribution is 2.09. The van der Waals surface area contributed by atoms with Crippen LogP contribution in [0.15, 0.2) is 0 Å². The van der Waals surface area contributed by atoms with Crippen LogP contribution in [-0.2, 0) is 0 Å². The van der Waals surface area contributed by atoms with Crippen LogP contribution < -0.4 is 0 Å². The summed E-state index contributed by atoms with van der Waals surface area (Å²) >= 11 is 0. The zero-order chi connectivity index (χ0) is 14.5. The van der Waals surface area contributed by atoms with Crippen LogP contribution in [0, 0.1) is 0 Å². The summed E-state index contributed by atoms with van der Waals surface area (Å²) in [4.78, 5) is 2.69. The smallest absolute Gasteiger partial charge is 0.0951 e. The maximum Gasteiger partial charge on any atom is 0.0951 e. The normalized spacial score (nSPS) is 14.1. The van der Waals surface area contributed by atoms with Crippen LogP contribution in [0.25, 0.3) is 0 Å². The SMILES string of the molecule is CCCN(CCC)[SiH2]CCC(C)N(CCC)CCC. The molecule has 2 nitrogen and oxygen atoms in total. The largest absolute Gasteiger partial charge is 0.329 e. The van der Waals surface area contributed by atoms with Gasteiger partial charge in [-0.2, -0.15) is 0 Å². The molecule has 0 spiro atoms. The molecule has 0 heterocycles. The zero-order valence-electron chi connectivity index (χ0n) is 14.2. The molecule has 3 heteroatoms. The minimum absolute atomic E-state index is 0.00732. The molecule has 0 radical (unpaired) electrons. The fourth-order valence-electron chi connectivity index (χ4n) is 2.89. The lowest BCUT2D eigenvalue weighted by Gasteiger charge is -2.29. The topological polar surface area (TPSA) is 6.48 Å². The van der Waals surface area contributed by atoms with Crippen molar-refractivity contribution in [2.45, 2.75) is 78.8 Å². The first kappa shape index (κ1) is 19.1. The standard InChI is InChI=1S/C16H38N2Si/c1-6-11-17(12-7-2)16(5)10-15-19-18(13-8-3)14-9-4/h16H,6-15,19H2,1-5H3. The molecule has 19 heavy (non-hydrogen) atoms. The van der Waals surface area contributed by atoms with Gasteiger partial charge in [-0.25, -0.2) is 0 Å². The summed E-state index contributed by atoms with van der Waals surface area (Å²) in [6.07, 6.45) is 6.63. The van der Waals surface area contributed by atoms with Gasteiger partial charge in [-0.15, -0.1) is 0 Å². The molecule has 116 valence electrons. The first-order valence-corrected chi connectivity index (χ1v) is 10.3. The summed E-state index contributed by atoms with van der Waals surface area (Å²) in [7, 11) is 0.00732. The molecular weight excluding hydrogens is 248 g/mol. The Bertz CT molecular complexity index is 176. The molecule has 0 fully saturated rings. The van der Waals surface area contributed by atoms with Crippen molar-refractivity contribution in [1.82, 2.24) is 9.47 Å². The fourth-order valence-corrected chi connectivity index (χ4v) is 5.19. The van der Waals surface area contributed by atoms with Gasteiger partial charge in [0.25, 0.3) is 0 Å². The van der Waals surface area contributed by atoms with E-state index in [1.54, 1.807) is 0 Å². The third-order valence-electron chi connectivity index (χ3n) is 3.82. The highest BCUT2D eigenvalue weighted by atomic mass is 28.2. The summed E-state index contributed by atoms with van der Waals surface area (Å²) in [5.41, 5.74) is 0. The minimum atomic E-state index is 0.00732. The highest BCUT2D eigenvalue weighted by molar-refractivity contribution is 6.31. The molecule has 0 aliphatic carbocycles. The number of hydrogen-bond donors (Lipinski definition) is 0. The Morgan fingerprint density at radius 2 is 1.26 bits per heavy atom. The van der Waals surface area contributed by atoms with Gasteiger partial charge in [-0.3, -0.25) is 0 Å². The number of hydrogen-bond acceptors (Lipinski definition) is 2. The van der Waals surface area contributed by atoms with Crippen LogP contribution in [-0.4, -0.2) is 51.4 Å². The lowest BCUT2D eigenvalue weighted by Crippen LogP contribution is -2.36. The van der Waals surface area contributed by atoms with Crippen LogP contribution in [0.5, 0.6) is 0 Å². The molecule has 0 saturated carbocycles. The van der Waals surface area contributed by atoms with E-state index >= 15 is 0 Å². The molecule has 0 bridgehead atoms. The predicted octanol–water partition coefficient (Wildman–Crippen LogP) is 3.51. The average Bonchev–Trinajstić information content (AvgIpc) is 2.39. The molecule has 0 amide bonds. The fraction of sp³-hybridized carbons (Fsp3) is 1.00. The maximum atomic E-state index is 2.77. The van der Waals surface area contributed by atoms with Crippen LogP contribution >= 0.6 is 0 Å². The van der Waals surface area contributed by atoms with Crippen molar-refractivity contribution in [3.63, 3.8) is 0 Å². The molecule has 0 aliphatic heterocycles.